The highest BCUT2D eigenvalue weighted by Gasteiger charge is 2.57. The van der Waals surface area contributed by atoms with Crippen molar-refractivity contribution in [1.29, 1.82) is 0 Å². The van der Waals surface area contributed by atoms with Gasteiger partial charge in [0.2, 0.25) is 5.91 Å². The van der Waals surface area contributed by atoms with Gasteiger partial charge in [-0.3, -0.25) is 9.48 Å². The van der Waals surface area contributed by atoms with E-state index in [1.54, 1.807) is 0 Å². The number of aryl methyl sites for hydroxylation is 2. The molecule has 3 aliphatic rings. The quantitative estimate of drug-likeness (QED) is 0.531. The Morgan fingerprint density at radius 1 is 1.24 bits per heavy atom. The van der Waals surface area contributed by atoms with Crippen molar-refractivity contribution < 1.29 is 9.18 Å². The van der Waals surface area contributed by atoms with Crippen LogP contribution < -0.4 is 10.4 Å². The molecule has 0 spiro atoms. The molecule has 1 heterocycles. The fraction of sp³-hybridized carbons (Fsp3) is 0.643. The van der Waals surface area contributed by atoms with Crippen LogP contribution in [0.4, 0.5) is 10.1 Å². The third kappa shape index (κ3) is 3.91. The number of anilines is 1. The van der Waals surface area contributed by atoms with E-state index in [1.165, 1.54) is 11.4 Å². The topological polar surface area (TPSA) is 38.1 Å². The molecule has 6 heteroatoms. The number of alkyl halides is 1. The number of carbonyl (C=O) groups excluding carboxylic acids is 1. The van der Waals surface area contributed by atoms with E-state index in [4.69, 9.17) is 12.9 Å². The monoisotopic (exact) mass is 461 g/mol. The molecule has 3 saturated carbocycles. The Balaban J connectivity index is 1.41. The molecule has 1 aromatic carbocycles. The zero-order chi connectivity index (χ0) is 24.1. The number of halogens is 1. The van der Waals surface area contributed by atoms with Crippen LogP contribution in [0.3, 0.4) is 0 Å². The van der Waals surface area contributed by atoms with Crippen molar-refractivity contribution in [3.05, 3.63) is 41.7 Å². The number of nitrogens with zero attached hydrogens (tertiary/aromatic N) is 3. The van der Waals surface area contributed by atoms with Gasteiger partial charge in [0, 0.05) is 42.2 Å². The van der Waals surface area contributed by atoms with E-state index in [-0.39, 0.29) is 28.6 Å². The Labute approximate surface area is 204 Å². The molecule has 4 nitrogen and oxygen atoms in total. The Kier molecular flexibility index (Phi) is 6.14. The Hall–Kier alpha value is -2.11. The molecule has 5 rings (SSSR count). The highest BCUT2D eigenvalue weighted by atomic mass is 19.1. The van der Waals surface area contributed by atoms with Gasteiger partial charge in [0.25, 0.3) is 0 Å². The summed E-state index contributed by atoms with van der Waals surface area (Å²) in [5.41, 5.74) is 4.27. The summed E-state index contributed by atoms with van der Waals surface area (Å²) in [6.45, 7) is 4.89. The summed E-state index contributed by atoms with van der Waals surface area (Å²) < 4.78 is 16.3. The largest absolute Gasteiger partial charge is 0.312 e. The number of fused-ring (bicyclic) bond motifs is 2. The lowest BCUT2D eigenvalue weighted by Gasteiger charge is -2.43. The molecule has 180 valence electrons. The lowest BCUT2D eigenvalue weighted by Crippen LogP contribution is -2.51. The van der Waals surface area contributed by atoms with Gasteiger partial charge in [-0.15, -0.1) is 0 Å². The van der Waals surface area contributed by atoms with Crippen LogP contribution in [0.1, 0.15) is 76.6 Å². The molecule has 2 aromatic rings. The van der Waals surface area contributed by atoms with Gasteiger partial charge in [-0.05, 0) is 75.0 Å². The normalized spacial score (nSPS) is 32.1. The molecule has 3 atom stereocenters. The summed E-state index contributed by atoms with van der Waals surface area (Å²) in [5, 5.41) is 4.95. The molecule has 1 aromatic heterocycles. The molecular weight excluding hydrogens is 424 g/mol. The third-order valence-corrected chi connectivity index (χ3v) is 9.20. The predicted octanol–water partition coefficient (Wildman–Crippen LogP) is 4.79. The standard InChI is InChI=1S/C28H37BFN3O/c1-4-7-20-15-25(31-32(20)3)28-12-10-27(17-28,11-13-28)18-33(21-9-6-8-19(29)14-21)26(34)23-16-24(30)22(23)5-2/h6,8-9,14-15,22-24H,4-5,7,10-13,16-18H2,1-3H3. The molecular formula is C28H37BFN3O. The van der Waals surface area contributed by atoms with Crippen LogP contribution in [0.15, 0.2) is 30.3 Å². The number of aromatic nitrogens is 2. The van der Waals surface area contributed by atoms with Crippen LogP contribution in [0, 0.1) is 17.3 Å². The molecule has 0 N–H and O–H groups in total. The van der Waals surface area contributed by atoms with E-state index in [2.05, 4.69) is 24.7 Å². The minimum Gasteiger partial charge on any atom is -0.312 e. The third-order valence-electron chi connectivity index (χ3n) is 9.20. The first-order valence-electron chi connectivity index (χ1n) is 13.1. The maximum absolute atomic E-state index is 14.2. The highest BCUT2D eigenvalue weighted by Crippen LogP contribution is 2.62. The van der Waals surface area contributed by atoms with E-state index in [0.717, 1.165) is 50.6 Å². The molecule has 0 saturated heterocycles. The number of benzene rings is 1. The molecule has 2 bridgehead atoms. The van der Waals surface area contributed by atoms with E-state index < -0.39 is 6.17 Å². The van der Waals surface area contributed by atoms with Crippen molar-refractivity contribution in [3.63, 3.8) is 0 Å². The Bertz CT molecular complexity index is 1060. The van der Waals surface area contributed by atoms with Gasteiger partial charge in [0.15, 0.2) is 0 Å². The summed E-state index contributed by atoms with van der Waals surface area (Å²) in [7, 11) is 8.16. The van der Waals surface area contributed by atoms with Gasteiger partial charge < -0.3 is 4.90 Å². The minimum absolute atomic E-state index is 0.0770. The van der Waals surface area contributed by atoms with Crippen molar-refractivity contribution in [2.45, 2.75) is 83.2 Å². The maximum Gasteiger partial charge on any atom is 0.230 e. The van der Waals surface area contributed by atoms with Crippen LogP contribution in [-0.2, 0) is 23.7 Å². The minimum atomic E-state index is -0.855. The molecule has 2 radical (unpaired) electrons. The van der Waals surface area contributed by atoms with E-state index in [0.29, 0.717) is 24.8 Å². The molecule has 34 heavy (non-hydrogen) atoms. The van der Waals surface area contributed by atoms with Crippen LogP contribution in [0.5, 0.6) is 0 Å². The lowest BCUT2D eigenvalue weighted by atomic mass is 9.69. The zero-order valence-corrected chi connectivity index (χ0v) is 20.9. The van der Waals surface area contributed by atoms with Gasteiger partial charge in [-0.1, -0.05) is 37.9 Å². The summed E-state index contributed by atoms with van der Waals surface area (Å²) in [5.74, 6) is -0.309. The first-order valence-corrected chi connectivity index (χ1v) is 13.1. The Morgan fingerprint density at radius 2 is 2.00 bits per heavy atom. The molecule has 0 aliphatic heterocycles. The van der Waals surface area contributed by atoms with Crippen LogP contribution >= 0.6 is 0 Å². The van der Waals surface area contributed by atoms with Crippen LogP contribution in [0.25, 0.3) is 0 Å². The SMILES string of the molecule is [B]c1cccc(N(CC23CCC(c4cc(CCC)n(C)n4)(CC2)C3)C(=O)C2CC(F)C2CC)c1. The van der Waals surface area contributed by atoms with Crippen molar-refractivity contribution in [2.24, 2.45) is 24.3 Å². The average Bonchev–Trinajstić information content (AvgIpc) is 3.49. The number of hydrogen-bond donors (Lipinski definition) is 0. The van der Waals surface area contributed by atoms with E-state index in [9.17, 15) is 9.18 Å². The second-order valence-corrected chi connectivity index (χ2v) is 11.3. The molecule has 3 unspecified atom stereocenters. The van der Waals surface area contributed by atoms with Gasteiger partial charge >= 0.3 is 0 Å². The van der Waals surface area contributed by atoms with Crippen molar-refractivity contribution >= 4 is 24.9 Å². The first-order chi connectivity index (χ1) is 16.3. The second-order valence-electron chi connectivity index (χ2n) is 11.3. The molecule has 3 aliphatic carbocycles. The van der Waals surface area contributed by atoms with E-state index in [1.807, 2.05) is 36.1 Å². The Morgan fingerprint density at radius 3 is 2.65 bits per heavy atom. The fourth-order valence-electron chi connectivity index (χ4n) is 7.14. The number of hydrogen-bond acceptors (Lipinski definition) is 2. The number of carbonyl (C=O) groups is 1. The smallest absolute Gasteiger partial charge is 0.230 e. The van der Waals surface area contributed by atoms with Crippen molar-refractivity contribution in [3.8, 4) is 0 Å². The number of rotatable bonds is 8. The summed E-state index contributed by atoms with van der Waals surface area (Å²) in [6.07, 6.45) is 7.90. The highest BCUT2D eigenvalue weighted by molar-refractivity contribution is 6.32. The second kappa shape index (κ2) is 8.84. The van der Waals surface area contributed by atoms with Crippen LogP contribution in [0.2, 0.25) is 0 Å². The summed E-state index contributed by atoms with van der Waals surface area (Å²) >= 11 is 0. The summed E-state index contributed by atoms with van der Waals surface area (Å²) in [6, 6.07) is 9.96. The molecule has 1 amide bonds. The van der Waals surface area contributed by atoms with E-state index >= 15 is 0 Å². The molecule has 3 fully saturated rings. The predicted molar refractivity (Wildman–Crippen MR) is 135 cm³/mol. The van der Waals surface area contributed by atoms with Crippen molar-refractivity contribution in [1.82, 2.24) is 9.78 Å². The average molecular weight is 461 g/mol. The van der Waals surface area contributed by atoms with Gasteiger partial charge in [-0.2, -0.15) is 5.10 Å². The van der Waals surface area contributed by atoms with Crippen LogP contribution in [-0.4, -0.2) is 36.3 Å². The van der Waals surface area contributed by atoms with Crippen molar-refractivity contribution in [2.75, 3.05) is 11.4 Å². The first kappa shape index (κ1) is 23.6. The maximum atomic E-state index is 14.2. The van der Waals surface area contributed by atoms with Gasteiger partial charge in [0.1, 0.15) is 14.0 Å². The lowest BCUT2D eigenvalue weighted by molar-refractivity contribution is -0.132. The fourth-order valence-corrected chi connectivity index (χ4v) is 7.14. The number of amides is 1. The summed E-state index contributed by atoms with van der Waals surface area (Å²) in [4.78, 5) is 15.7. The zero-order valence-electron chi connectivity index (χ0n) is 20.9. The van der Waals surface area contributed by atoms with Gasteiger partial charge in [-0.25, -0.2) is 4.39 Å². The van der Waals surface area contributed by atoms with Gasteiger partial charge in [0.05, 0.1) is 5.69 Å².